The summed E-state index contributed by atoms with van der Waals surface area (Å²) in [5.41, 5.74) is 0.453. The second-order valence-corrected chi connectivity index (χ2v) is 4.20. The highest BCUT2D eigenvalue weighted by atomic mass is 19.1. The van der Waals surface area contributed by atoms with E-state index in [4.69, 9.17) is 0 Å². The van der Waals surface area contributed by atoms with Gasteiger partial charge in [-0.15, -0.1) is 0 Å². The van der Waals surface area contributed by atoms with Gasteiger partial charge < -0.3 is 15.5 Å². The molecule has 1 atom stereocenters. The Bertz CT molecular complexity index is 381. The predicted molar refractivity (Wildman–Crippen MR) is 62.9 cm³/mol. The summed E-state index contributed by atoms with van der Waals surface area (Å²) in [4.78, 5) is 1.98. The van der Waals surface area contributed by atoms with Crippen LogP contribution in [0.5, 0.6) is 11.5 Å². The lowest BCUT2D eigenvalue weighted by atomic mass is 10.0. The van der Waals surface area contributed by atoms with Crippen LogP contribution < -0.4 is 5.32 Å². The van der Waals surface area contributed by atoms with Crippen LogP contribution >= 0.6 is 0 Å². The molecule has 0 unspecified atom stereocenters. The van der Waals surface area contributed by atoms with Gasteiger partial charge in [0.2, 0.25) is 0 Å². The largest absolute Gasteiger partial charge is 0.508 e. The van der Waals surface area contributed by atoms with E-state index in [9.17, 15) is 14.6 Å². The minimum atomic E-state index is -0.572. The molecule has 0 amide bonds. The van der Waals surface area contributed by atoms with E-state index in [1.807, 2.05) is 4.90 Å². The van der Waals surface area contributed by atoms with Crippen molar-refractivity contribution in [2.75, 3.05) is 32.9 Å². The number of rotatable bonds is 3. The Morgan fingerprint density at radius 3 is 2.65 bits per heavy atom. The second kappa shape index (κ2) is 5.33. The number of nitrogens with zero attached hydrogens (tertiary/aromatic N) is 1. The highest BCUT2D eigenvalue weighted by Crippen LogP contribution is 2.32. The van der Waals surface area contributed by atoms with Gasteiger partial charge in [-0.3, -0.25) is 4.90 Å². The molecule has 2 rings (SSSR count). The highest BCUT2D eigenvalue weighted by molar-refractivity contribution is 5.40. The van der Waals surface area contributed by atoms with Gasteiger partial charge in [0.25, 0.3) is 0 Å². The number of phenolic OH excluding ortho intramolecular Hbond substituents is 2. The van der Waals surface area contributed by atoms with Gasteiger partial charge >= 0.3 is 0 Å². The molecule has 1 heterocycles. The van der Waals surface area contributed by atoms with Crippen LogP contribution in [-0.4, -0.2) is 48.0 Å². The molecular weight excluding hydrogens is 223 g/mol. The Kier molecular flexibility index (Phi) is 3.81. The highest BCUT2D eigenvalue weighted by Gasteiger charge is 2.24. The quantitative estimate of drug-likeness (QED) is 0.690. The molecule has 5 heteroatoms. The van der Waals surface area contributed by atoms with Gasteiger partial charge in [-0.25, -0.2) is 4.39 Å². The van der Waals surface area contributed by atoms with Crippen molar-refractivity contribution in [2.24, 2.45) is 0 Å². The van der Waals surface area contributed by atoms with Crippen LogP contribution in [0.25, 0.3) is 0 Å². The summed E-state index contributed by atoms with van der Waals surface area (Å²) in [6.45, 7) is 2.54. The van der Waals surface area contributed by atoms with Gasteiger partial charge in [0.05, 0.1) is 6.04 Å². The molecule has 1 aliphatic heterocycles. The number of aromatic hydroxyl groups is 2. The molecule has 0 aromatic heterocycles. The summed E-state index contributed by atoms with van der Waals surface area (Å²) in [7, 11) is 0. The number of hydrogen-bond donors (Lipinski definition) is 3. The summed E-state index contributed by atoms with van der Waals surface area (Å²) in [5, 5.41) is 22.4. The van der Waals surface area contributed by atoms with Gasteiger partial charge in [-0.05, 0) is 18.2 Å². The van der Waals surface area contributed by atoms with Crippen molar-refractivity contribution < 1.29 is 14.6 Å². The predicted octanol–water partition coefficient (Wildman–Crippen LogP) is 1.01. The van der Waals surface area contributed by atoms with E-state index in [2.05, 4.69) is 5.32 Å². The molecule has 1 fully saturated rings. The van der Waals surface area contributed by atoms with Crippen LogP contribution in [0.3, 0.4) is 0 Å². The van der Waals surface area contributed by atoms with E-state index in [1.165, 1.54) is 18.2 Å². The number of benzene rings is 1. The van der Waals surface area contributed by atoms with E-state index in [0.29, 0.717) is 5.56 Å². The van der Waals surface area contributed by atoms with Gasteiger partial charge in [0.1, 0.15) is 18.2 Å². The van der Waals surface area contributed by atoms with Crippen molar-refractivity contribution in [1.82, 2.24) is 10.2 Å². The molecule has 17 heavy (non-hydrogen) atoms. The zero-order valence-electron chi connectivity index (χ0n) is 9.56. The summed E-state index contributed by atoms with van der Waals surface area (Å²) < 4.78 is 13.2. The summed E-state index contributed by atoms with van der Waals surface area (Å²) in [5.74, 6) is 0.0790. The van der Waals surface area contributed by atoms with Crippen molar-refractivity contribution in [1.29, 1.82) is 0 Å². The molecule has 4 nitrogen and oxygen atoms in total. The van der Waals surface area contributed by atoms with Gasteiger partial charge in [0.15, 0.2) is 0 Å². The summed E-state index contributed by atoms with van der Waals surface area (Å²) >= 11 is 0. The number of piperazine rings is 1. The topological polar surface area (TPSA) is 55.7 Å². The Morgan fingerprint density at radius 1 is 1.29 bits per heavy atom. The van der Waals surface area contributed by atoms with Crippen LogP contribution in [0, 0.1) is 0 Å². The smallest absolute Gasteiger partial charge is 0.120 e. The number of alkyl halides is 1. The first-order valence-electron chi connectivity index (χ1n) is 5.75. The number of phenols is 2. The van der Waals surface area contributed by atoms with E-state index in [1.54, 1.807) is 0 Å². The lowest BCUT2D eigenvalue weighted by molar-refractivity contribution is 0.145. The number of hydrogen-bond acceptors (Lipinski definition) is 4. The van der Waals surface area contributed by atoms with Crippen molar-refractivity contribution in [3.8, 4) is 11.5 Å². The molecular formula is C12H17FN2O2. The first-order valence-corrected chi connectivity index (χ1v) is 5.75. The molecule has 0 radical (unpaired) electrons. The molecule has 1 aromatic rings. The standard InChI is InChI=1S/C12H17FN2O2/c13-8-11(15-5-3-14-4-6-15)10-7-9(16)1-2-12(10)17/h1-2,7,11,14,16-17H,3-6,8H2/t11-/m0/s1. The second-order valence-electron chi connectivity index (χ2n) is 4.20. The average molecular weight is 240 g/mol. The molecule has 0 bridgehead atoms. The van der Waals surface area contributed by atoms with E-state index in [-0.39, 0.29) is 11.5 Å². The third-order valence-corrected chi connectivity index (χ3v) is 3.11. The lowest BCUT2D eigenvalue weighted by Gasteiger charge is -2.33. The van der Waals surface area contributed by atoms with Crippen LogP contribution in [0.4, 0.5) is 4.39 Å². The third-order valence-electron chi connectivity index (χ3n) is 3.11. The number of nitrogens with one attached hydrogen (secondary N) is 1. The van der Waals surface area contributed by atoms with Crippen molar-refractivity contribution in [3.05, 3.63) is 23.8 Å². The Morgan fingerprint density at radius 2 is 2.00 bits per heavy atom. The minimum Gasteiger partial charge on any atom is -0.508 e. The van der Waals surface area contributed by atoms with Crippen LogP contribution in [-0.2, 0) is 0 Å². The Hall–Kier alpha value is -1.33. The molecule has 1 saturated heterocycles. The maximum Gasteiger partial charge on any atom is 0.120 e. The van der Waals surface area contributed by atoms with E-state index >= 15 is 0 Å². The van der Waals surface area contributed by atoms with Gasteiger partial charge in [-0.2, -0.15) is 0 Å². The zero-order chi connectivity index (χ0) is 12.3. The molecule has 3 N–H and O–H groups in total. The lowest BCUT2D eigenvalue weighted by Crippen LogP contribution is -2.45. The Balaban J connectivity index is 2.24. The van der Waals surface area contributed by atoms with E-state index in [0.717, 1.165) is 26.2 Å². The van der Waals surface area contributed by atoms with Crippen molar-refractivity contribution >= 4 is 0 Å². The molecule has 0 spiro atoms. The maximum absolute atomic E-state index is 13.2. The molecule has 94 valence electrons. The summed E-state index contributed by atoms with van der Waals surface area (Å²) in [6.07, 6.45) is 0. The molecule has 1 aromatic carbocycles. The fourth-order valence-corrected chi connectivity index (χ4v) is 2.18. The van der Waals surface area contributed by atoms with Crippen molar-refractivity contribution in [2.45, 2.75) is 6.04 Å². The maximum atomic E-state index is 13.2. The molecule has 0 saturated carbocycles. The van der Waals surface area contributed by atoms with Crippen LogP contribution in [0.1, 0.15) is 11.6 Å². The zero-order valence-corrected chi connectivity index (χ0v) is 9.56. The molecule has 0 aliphatic carbocycles. The Labute approximate surface area is 99.7 Å². The summed E-state index contributed by atoms with van der Waals surface area (Å²) in [6, 6.07) is 3.74. The SMILES string of the molecule is Oc1ccc(O)c([C@H](CF)N2CCNCC2)c1. The monoisotopic (exact) mass is 240 g/mol. The van der Waals surface area contributed by atoms with Gasteiger partial charge in [0, 0.05) is 31.7 Å². The fraction of sp³-hybridized carbons (Fsp3) is 0.500. The van der Waals surface area contributed by atoms with Crippen LogP contribution in [0.15, 0.2) is 18.2 Å². The average Bonchev–Trinajstić information content (AvgIpc) is 2.36. The van der Waals surface area contributed by atoms with Gasteiger partial charge in [-0.1, -0.05) is 0 Å². The normalized spacial score (nSPS) is 19.1. The van der Waals surface area contributed by atoms with Crippen molar-refractivity contribution in [3.63, 3.8) is 0 Å². The first-order chi connectivity index (χ1) is 8.22. The van der Waals surface area contributed by atoms with E-state index < -0.39 is 12.7 Å². The third kappa shape index (κ3) is 2.68. The number of halogens is 1. The fourth-order valence-electron chi connectivity index (χ4n) is 2.18. The first kappa shape index (κ1) is 12.1. The minimum absolute atomic E-state index is 0.0315. The molecule has 1 aliphatic rings. The van der Waals surface area contributed by atoms with Crippen LogP contribution in [0.2, 0.25) is 0 Å².